The summed E-state index contributed by atoms with van der Waals surface area (Å²) in [6.45, 7) is 7.68. The Balaban J connectivity index is 1.81. The average Bonchev–Trinajstić information content (AvgIpc) is 2.69. The molecule has 0 heterocycles. The Morgan fingerprint density at radius 2 is 1.00 bits per heavy atom. The molecule has 0 aromatic heterocycles. The van der Waals surface area contributed by atoms with E-state index < -0.39 is 11.9 Å². The Kier molecular flexibility index (Phi) is 4.67. The zero-order valence-electron chi connectivity index (χ0n) is 17.0. The van der Waals surface area contributed by atoms with Crippen molar-refractivity contribution in [2.24, 2.45) is 0 Å². The minimum absolute atomic E-state index is 0.448. The van der Waals surface area contributed by atoms with Crippen LogP contribution in [0.25, 0.3) is 21.5 Å². The van der Waals surface area contributed by atoms with Gasteiger partial charge in [-0.05, 0) is 71.5 Å². The van der Waals surface area contributed by atoms with Crippen molar-refractivity contribution in [3.05, 3.63) is 94.0 Å². The Morgan fingerprint density at radius 3 is 1.41 bits per heavy atom. The molecule has 0 amide bonds. The first-order valence-corrected chi connectivity index (χ1v) is 9.63. The van der Waals surface area contributed by atoms with E-state index in [0.29, 0.717) is 11.1 Å². The van der Waals surface area contributed by atoms with Gasteiger partial charge in [-0.3, -0.25) is 0 Å². The molecule has 0 fully saturated rings. The van der Waals surface area contributed by atoms with E-state index >= 15 is 0 Å². The molecule has 0 aliphatic rings. The molecular formula is C26H22O3. The van der Waals surface area contributed by atoms with Gasteiger partial charge in [-0.1, -0.05) is 60.7 Å². The molecule has 0 bridgehead atoms. The fourth-order valence-corrected chi connectivity index (χ4v) is 3.89. The molecule has 29 heavy (non-hydrogen) atoms. The number of aryl methyl sites for hydroxylation is 2. The van der Waals surface area contributed by atoms with Crippen molar-refractivity contribution in [2.75, 3.05) is 0 Å². The predicted molar refractivity (Wildman–Crippen MR) is 117 cm³/mol. The highest BCUT2D eigenvalue weighted by molar-refractivity contribution is 6.14. The molecule has 4 rings (SSSR count). The molecule has 3 heteroatoms. The van der Waals surface area contributed by atoms with Gasteiger partial charge >= 0.3 is 11.9 Å². The Morgan fingerprint density at radius 1 is 0.621 bits per heavy atom. The van der Waals surface area contributed by atoms with E-state index in [2.05, 4.69) is 0 Å². The van der Waals surface area contributed by atoms with Crippen molar-refractivity contribution < 1.29 is 14.3 Å². The second-order valence-electron chi connectivity index (χ2n) is 7.51. The third-order valence-corrected chi connectivity index (χ3v) is 5.73. The molecule has 3 nitrogen and oxygen atoms in total. The summed E-state index contributed by atoms with van der Waals surface area (Å²) in [5.41, 5.74) is 4.52. The minimum Gasteiger partial charge on any atom is -0.386 e. The van der Waals surface area contributed by atoms with Crippen molar-refractivity contribution in [1.82, 2.24) is 0 Å². The summed E-state index contributed by atoms with van der Waals surface area (Å²) >= 11 is 0. The summed E-state index contributed by atoms with van der Waals surface area (Å²) in [5, 5.41) is 3.48. The molecule has 0 saturated carbocycles. The van der Waals surface area contributed by atoms with E-state index in [-0.39, 0.29) is 0 Å². The Labute approximate surface area is 169 Å². The number of hydrogen-bond acceptors (Lipinski definition) is 3. The van der Waals surface area contributed by atoms with E-state index in [1.54, 1.807) is 0 Å². The number of carbonyl (C=O) groups is 2. The van der Waals surface area contributed by atoms with Crippen LogP contribution >= 0.6 is 0 Å². The molecule has 0 spiro atoms. The van der Waals surface area contributed by atoms with Crippen LogP contribution in [0, 0.1) is 27.7 Å². The van der Waals surface area contributed by atoms with Crippen LogP contribution in [-0.2, 0) is 4.74 Å². The number of benzene rings is 4. The van der Waals surface area contributed by atoms with Gasteiger partial charge in [0.15, 0.2) is 0 Å². The molecule has 0 aliphatic heterocycles. The maximum absolute atomic E-state index is 13.1. The van der Waals surface area contributed by atoms with Crippen molar-refractivity contribution >= 4 is 33.5 Å². The lowest BCUT2D eigenvalue weighted by Gasteiger charge is -2.14. The number of hydrogen-bond donors (Lipinski definition) is 0. The van der Waals surface area contributed by atoms with Crippen LogP contribution in [0.2, 0.25) is 0 Å². The Bertz CT molecular complexity index is 1200. The highest BCUT2D eigenvalue weighted by Crippen LogP contribution is 2.29. The number of ether oxygens (including phenoxy) is 1. The summed E-state index contributed by atoms with van der Waals surface area (Å²) in [6, 6.07) is 19.4. The predicted octanol–water partition coefficient (Wildman–Crippen LogP) is 6.22. The summed E-state index contributed by atoms with van der Waals surface area (Å²) in [4.78, 5) is 26.2. The number of carbonyl (C=O) groups excluding carboxylic acids is 2. The van der Waals surface area contributed by atoms with Gasteiger partial charge in [0.05, 0.1) is 11.1 Å². The molecule has 0 atom stereocenters. The summed E-state index contributed by atoms with van der Waals surface area (Å²) in [6.07, 6.45) is 0. The van der Waals surface area contributed by atoms with Gasteiger partial charge in [-0.2, -0.15) is 0 Å². The molecular weight excluding hydrogens is 360 g/mol. The zero-order chi connectivity index (χ0) is 20.7. The van der Waals surface area contributed by atoms with Crippen molar-refractivity contribution in [1.29, 1.82) is 0 Å². The summed E-state index contributed by atoms with van der Waals surface area (Å²) in [7, 11) is 0. The van der Waals surface area contributed by atoms with E-state index in [1.165, 1.54) is 0 Å². The third kappa shape index (κ3) is 3.19. The molecule has 4 aromatic carbocycles. The molecule has 0 saturated heterocycles. The fraction of sp³-hybridized carbons (Fsp3) is 0.154. The van der Waals surface area contributed by atoms with Gasteiger partial charge < -0.3 is 4.74 Å². The first kappa shape index (κ1) is 18.9. The number of rotatable bonds is 2. The average molecular weight is 382 g/mol. The van der Waals surface area contributed by atoms with Gasteiger partial charge in [-0.15, -0.1) is 0 Å². The minimum atomic E-state index is -0.614. The SMILES string of the molecule is Cc1cc2ccccc2c(C(=O)OC(=O)c2c(C)c(C)cc3ccccc23)c1C. The normalized spacial score (nSPS) is 11.0. The first-order valence-electron chi connectivity index (χ1n) is 9.63. The molecule has 4 aromatic rings. The van der Waals surface area contributed by atoms with Gasteiger partial charge in [0.2, 0.25) is 0 Å². The van der Waals surface area contributed by atoms with E-state index in [4.69, 9.17) is 4.74 Å². The third-order valence-electron chi connectivity index (χ3n) is 5.73. The van der Waals surface area contributed by atoms with Gasteiger partial charge in [0.25, 0.3) is 0 Å². The zero-order valence-corrected chi connectivity index (χ0v) is 17.0. The standard InChI is InChI=1S/C26H22O3/c1-15-13-19-9-5-7-11-21(19)23(17(15)3)25(27)29-26(28)24-18(4)16(2)14-20-10-6-8-12-22(20)24/h5-14H,1-4H3. The quantitative estimate of drug-likeness (QED) is 0.305. The van der Waals surface area contributed by atoms with E-state index in [9.17, 15) is 9.59 Å². The maximum Gasteiger partial charge on any atom is 0.346 e. The van der Waals surface area contributed by atoms with Crippen LogP contribution in [0.1, 0.15) is 43.0 Å². The second kappa shape index (κ2) is 7.17. The lowest BCUT2D eigenvalue weighted by molar-refractivity contribution is 0.0399. The first-order chi connectivity index (χ1) is 13.9. The van der Waals surface area contributed by atoms with Crippen molar-refractivity contribution in [3.63, 3.8) is 0 Å². The van der Waals surface area contributed by atoms with Crippen molar-refractivity contribution in [3.8, 4) is 0 Å². The van der Waals surface area contributed by atoms with Gasteiger partial charge in [0, 0.05) is 0 Å². The largest absolute Gasteiger partial charge is 0.386 e. The van der Waals surface area contributed by atoms with Gasteiger partial charge in [0.1, 0.15) is 0 Å². The maximum atomic E-state index is 13.1. The lowest BCUT2D eigenvalue weighted by atomic mass is 9.95. The number of esters is 2. The smallest absolute Gasteiger partial charge is 0.346 e. The monoisotopic (exact) mass is 382 g/mol. The Hall–Kier alpha value is -3.46. The molecule has 0 N–H and O–H groups in total. The van der Waals surface area contributed by atoms with Gasteiger partial charge in [-0.25, -0.2) is 9.59 Å². The molecule has 144 valence electrons. The molecule has 0 radical (unpaired) electrons. The van der Waals surface area contributed by atoms with Crippen molar-refractivity contribution in [2.45, 2.75) is 27.7 Å². The highest BCUT2D eigenvalue weighted by atomic mass is 16.6. The molecule has 0 aliphatic carbocycles. The second-order valence-corrected chi connectivity index (χ2v) is 7.51. The van der Waals surface area contributed by atoms with E-state index in [1.807, 2.05) is 88.4 Å². The topological polar surface area (TPSA) is 43.4 Å². The summed E-state index contributed by atoms with van der Waals surface area (Å²) in [5.74, 6) is -1.23. The van der Waals surface area contributed by atoms with Crippen LogP contribution in [-0.4, -0.2) is 11.9 Å². The fourth-order valence-electron chi connectivity index (χ4n) is 3.89. The van der Waals surface area contributed by atoms with Crippen LogP contribution in [0.4, 0.5) is 0 Å². The van der Waals surface area contributed by atoms with Crippen LogP contribution in [0.15, 0.2) is 60.7 Å². The lowest BCUT2D eigenvalue weighted by Crippen LogP contribution is -2.16. The van der Waals surface area contributed by atoms with E-state index in [0.717, 1.165) is 43.8 Å². The summed E-state index contributed by atoms with van der Waals surface area (Å²) < 4.78 is 5.43. The van der Waals surface area contributed by atoms with Crippen LogP contribution < -0.4 is 0 Å². The number of fused-ring (bicyclic) bond motifs is 2. The molecule has 0 unspecified atom stereocenters. The van der Waals surface area contributed by atoms with Crippen LogP contribution in [0.3, 0.4) is 0 Å². The van der Waals surface area contributed by atoms with Crippen LogP contribution in [0.5, 0.6) is 0 Å². The highest BCUT2D eigenvalue weighted by Gasteiger charge is 2.23.